The molecule has 1 aliphatic heterocycles. The Morgan fingerprint density at radius 3 is 2.45 bits per heavy atom. The van der Waals surface area contributed by atoms with Crippen molar-refractivity contribution < 1.29 is 14.0 Å². The van der Waals surface area contributed by atoms with E-state index in [1.165, 1.54) is 6.07 Å². The maximum absolute atomic E-state index is 13.8. The van der Waals surface area contributed by atoms with Gasteiger partial charge in [-0.15, -0.1) is 0 Å². The number of halogens is 2. The fourth-order valence-corrected chi connectivity index (χ4v) is 5.20. The average Bonchev–Trinajstić information content (AvgIpc) is 3.33. The summed E-state index contributed by atoms with van der Waals surface area (Å²) in [5.41, 5.74) is 2.46. The van der Waals surface area contributed by atoms with Gasteiger partial charge in [0.05, 0.1) is 5.52 Å². The van der Waals surface area contributed by atoms with E-state index in [9.17, 15) is 14.0 Å². The summed E-state index contributed by atoms with van der Waals surface area (Å²) in [6, 6.07) is 13.3. The highest BCUT2D eigenvalue weighted by Crippen LogP contribution is 2.47. The highest BCUT2D eigenvalue weighted by atomic mass is 35.5. The molecule has 2 aromatic carbocycles. The Labute approximate surface area is 184 Å². The molecule has 2 unspecified atom stereocenters. The summed E-state index contributed by atoms with van der Waals surface area (Å²) >= 11 is 5.85. The monoisotopic (exact) mass is 437 g/mol. The van der Waals surface area contributed by atoms with Gasteiger partial charge in [0.2, 0.25) is 0 Å². The van der Waals surface area contributed by atoms with Crippen LogP contribution in [0.5, 0.6) is 0 Å². The minimum Gasteiger partial charge on any atom is -0.334 e. The lowest BCUT2D eigenvalue weighted by Crippen LogP contribution is -2.38. The van der Waals surface area contributed by atoms with E-state index >= 15 is 0 Å². The largest absolute Gasteiger partial charge is 0.334 e. The first-order valence-electron chi connectivity index (χ1n) is 10.4. The summed E-state index contributed by atoms with van der Waals surface area (Å²) < 4.78 is 13.8. The molecule has 3 aromatic rings. The Morgan fingerprint density at radius 1 is 1.03 bits per heavy atom. The lowest BCUT2D eigenvalue weighted by molar-refractivity contribution is -0.142. The molecule has 1 saturated carbocycles. The number of pyridine rings is 1. The number of anilines is 1. The molecular formula is C24H21ClFN3O2. The van der Waals surface area contributed by atoms with E-state index < -0.39 is 11.8 Å². The molecule has 5 nitrogen and oxygen atoms in total. The van der Waals surface area contributed by atoms with Gasteiger partial charge in [-0.2, -0.15) is 0 Å². The molecule has 1 aromatic heterocycles. The third-order valence-electron chi connectivity index (χ3n) is 6.51. The van der Waals surface area contributed by atoms with Gasteiger partial charge in [0.15, 0.2) is 0 Å². The van der Waals surface area contributed by atoms with Crippen LogP contribution in [0.15, 0.2) is 54.7 Å². The van der Waals surface area contributed by atoms with Crippen molar-refractivity contribution in [2.75, 3.05) is 18.4 Å². The molecular weight excluding hydrogens is 417 g/mol. The molecule has 1 aliphatic carbocycles. The van der Waals surface area contributed by atoms with Gasteiger partial charge < -0.3 is 10.2 Å². The zero-order valence-corrected chi connectivity index (χ0v) is 17.5. The van der Waals surface area contributed by atoms with E-state index in [1.807, 2.05) is 6.07 Å². The number of aromatic nitrogens is 1. The van der Waals surface area contributed by atoms with E-state index in [1.54, 1.807) is 47.5 Å². The van der Waals surface area contributed by atoms with Gasteiger partial charge in [-0.05, 0) is 84.7 Å². The van der Waals surface area contributed by atoms with Crippen LogP contribution in [0.4, 0.5) is 10.1 Å². The van der Waals surface area contributed by atoms with Crippen LogP contribution in [0.2, 0.25) is 5.02 Å². The molecule has 2 amide bonds. The van der Waals surface area contributed by atoms with Gasteiger partial charge in [0.1, 0.15) is 5.82 Å². The molecule has 1 saturated heterocycles. The zero-order valence-electron chi connectivity index (χ0n) is 16.7. The third kappa shape index (κ3) is 3.88. The number of hydrogen-bond donors (Lipinski definition) is 1. The topological polar surface area (TPSA) is 62.3 Å². The van der Waals surface area contributed by atoms with Crippen LogP contribution in [-0.2, 0) is 9.59 Å². The number of nitrogens with one attached hydrogen (secondary N) is 1. The molecule has 31 heavy (non-hydrogen) atoms. The van der Waals surface area contributed by atoms with E-state index in [0.717, 1.165) is 29.3 Å². The number of carbonyl (C=O) groups is 2. The van der Waals surface area contributed by atoms with Crippen LogP contribution in [-0.4, -0.2) is 34.8 Å². The number of hydrogen-bond acceptors (Lipinski definition) is 3. The molecule has 2 fully saturated rings. The Hall–Kier alpha value is -2.99. The van der Waals surface area contributed by atoms with Gasteiger partial charge in [-0.1, -0.05) is 11.6 Å². The SMILES string of the molecule is O=C(Nc1ccc(Cl)cc1)C(=O)N1CC2CC(c3ccnc4ccc(F)cc34)CC2C1. The van der Waals surface area contributed by atoms with Crippen molar-refractivity contribution in [2.24, 2.45) is 11.8 Å². The quantitative estimate of drug-likeness (QED) is 0.595. The molecule has 2 atom stereocenters. The second-order valence-corrected chi connectivity index (χ2v) is 8.86. The molecule has 7 heteroatoms. The van der Waals surface area contributed by atoms with E-state index in [-0.39, 0.29) is 5.82 Å². The normalized spacial score (nSPS) is 22.5. The van der Waals surface area contributed by atoms with Gasteiger partial charge in [0.25, 0.3) is 0 Å². The zero-order chi connectivity index (χ0) is 21.5. The predicted octanol–water partition coefficient (Wildman–Crippen LogP) is 4.62. The third-order valence-corrected chi connectivity index (χ3v) is 6.76. The second kappa shape index (κ2) is 7.93. The van der Waals surface area contributed by atoms with E-state index in [2.05, 4.69) is 10.3 Å². The number of rotatable bonds is 2. The molecule has 2 aliphatic rings. The van der Waals surface area contributed by atoms with Crippen molar-refractivity contribution in [3.8, 4) is 0 Å². The molecule has 5 rings (SSSR count). The van der Waals surface area contributed by atoms with Crippen LogP contribution < -0.4 is 5.32 Å². The average molecular weight is 438 g/mol. The molecule has 0 radical (unpaired) electrons. The smallest absolute Gasteiger partial charge is 0.313 e. The molecule has 0 spiro atoms. The van der Waals surface area contributed by atoms with Crippen LogP contribution in [0, 0.1) is 17.7 Å². The number of amides is 2. The summed E-state index contributed by atoms with van der Waals surface area (Å²) in [4.78, 5) is 31.0. The van der Waals surface area contributed by atoms with Crippen molar-refractivity contribution in [3.05, 3.63) is 71.1 Å². The fourth-order valence-electron chi connectivity index (χ4n) is 5.08. The van der Waals surface area contributed by atoms with Gasteiger partial charge in [0, 0.05) is 35.4 Å². The number of likely N-dealkylation sites (tertiary alicyclic amines) is 1. The van der Waals surface area contributed by atoms with Gasteiger partial charge >= 0.3 is 11.8 Å². The molecule has 1 N–H and O–H groups in total. The van der Waals surface area contributed by atoms with Crippen molar-refractivity contribution >= 4 is 40.0 Å². The first-order chi connectivity index (χ1) is 15.0. The van der Waals surface area contributed by atoms with E-state index in [0.29, 0.717) is 41.6 Å². The summed E-state index contributed by atoms with van der Waals surface area (Å²) in [6.45, 7) is 1.15. The first kappa shape index (κ1) is 19.9. The number of carbonyl (C=O) groups excluding carboxylic acids is 2. The molecule has 0 bridgehead atoms. The lowest BCUT2D eigenvalue weighted by Gasteiger charge is -2.20. The predicted molar refractivity (Wildman–Crippen MR) is 117 cm³/mol. The van der Waals surface area contributed by atoms with Crippen LogP contribution in [0.3, 0.4) is 0 Å². The number of nitrogens with zero attached hydrogens (tertiary/aromatic N) is 2. The summed E-state index contributed by atoms with van der Waals surface area (Å²) in [6.07, 6.45) is 3.62. The molecule has 2 heterocycles. The number of benzene rings is 2. The number of fused-ring (bicyclic) bond motifs is 2. The van der Waals surface area contributed by atoms with Crippen molar-refractivity contribution in [2.45, 2.75) is 18.8 Å². The second-order valence-electron chi connectivity index (χ2n) is 8.42. The maximum atomic E-state index is 13.8. The van der Waals surface area contributed by atoms with Crippen molar-refractivity contribution in [3.63, 3.8) is 0 Å². The highest BCUT2D eigenvalue weighted by Gasteiger charge is 2.44. The first-order valence-corrected chi connectivity index (χ1v) is 10.8. The van der Waals surface area contributed by atoms with Crippen molar-refractivity contribution in [1.82, 2.24) is 9.88 Å². The minimum atomic E-state index is -0.630. The highest BCUT2D eigenvalue weighted by molar-refractivity contribution is 6.39. The summed E-state index contributed by atoms with van der Waals surface area (Å²) in [5, 5.41) is 4.07. The Balaban J connectivity index is 1.25. The van der Waals surface area contributed by atoms with Crippen LogP contribution >= 0.6 is 11.6 Å². The maximum Gasteiger partial charge on any atom is 0.313 e. The Kier molecular flexibility index (Phi) is 5.10. The van der Waals surface area contributed by atoms with Gasteiger partial charge in [-0.3, -0.25) is 14.6 Å². The summed E-state index contributed by atoms with van der Waals surface area (Å²) in [7, 11) is 0. The van der Waals surface area contributed by atoms with Crippen LogP contribution in [0.1, 0.15) is 24.3 Å². The standard InChI is InChI=1S/C24H21ClFN3O2/c25-17-1-4-19(5-2-17)28-23(30)24(31)29-12-15-9-14(10-16(15)13-29)20-7-8-27-22-6-3-18(26)11-21(20)22/h1-8,11,14-16H,9-10,12-13H2,(H,28,30). The van der Waals surface area contributed by atoms with E-state index in [4.69, 9.17) is 11.6 Å². The Morgan fingerprint density at radius 2 is 1.74 bits per heavy atom. The molecule has 158 valence electrons. The Bertz CT molecular complexity index is 1150. The van der Waals surface area contributed by atoms with Gasteiger partial charge in [-0.25, -0.2) is 4.39 Å². The minimum absolute atomic E-state index is 0.261. The van der Waals surface area contributed by atoms with Crippen LogP contribution in [0.25, 0.3) is 10.9 Å². The fraction of sp³-hybridized carbons (Fsp3) is 0.292. The lowest BCUT2D eigenvalue weighted by atomic mass is 9.93. The van der Waals surface area contributed by atoms with Crippen molar-refractivity contribution in [1.29, 1.82) is 0 Å². The summed E-state index contributed by atoms with van der Waals surface area (Å²) in [5.74, 6) is -0.402.